The zero-order chi connectivity index (χ0) is 15.8. The van der Waals surface area contributed by atoms with Crippen LogP contribution in [0.2, 0.25) is 0 Å². The minimum Gasteiger partial charge on any atom is -0.493 e. The summed E-state index contributed by atoms with van der Waals surface area (Å²) in [6.07, 6.45) is 0.883. The highest BCUT2D eigenvalue weighted by atomic mass is 16.5. The summed E-state index contributed by atoms with van der Waals surface area (Å²) in [5, 5.41) is 3.48. The summed E-state index contributed by atoms with van der Waals surface area (Å²) in [5.74, 6) is 2.51. The second-order valence-electron chi connectivity index (χ2n) is 5.33. The normalized spacial score (nSPS) is 12.3. The van der Waals surface area contributed by atoms with Crippen molar-refractivity contribution >= 4 is 0 Å². The molecule has 0 saturated heterocycles. The van der Waals surface area contributed by atoms with Gasteiger partial charge in [0.2, 0.25) is 5.75 Å². The Balaban J connectivity index is 3.00. The molecule has 1 aromatic carbocycles. The molecule has 21 heavy (non-hydrogen) atoms. The Kier molecular flexibility index (Phi) is 7.32. The van der Waals surface area contributed by atoms with E-state index in [1.165, 1.54) is 0 Å². The fraction of sp³-hybridized carbons (Fsp3) is 0.625. The Morgan fingerprint density at radius 3 is 2.00 bits per heavy atom. The molecule has 1 atom stereocenters. The minimum absolute atomic E-state index is 0.358. The molecule has 0 fully saturated rings. The lowest BCUT2D eigenvalue weighted by Gasteiger charge is -2.23. The standard InChI is InChI=1S/C16H28N2O3/c1-11(2)13(18-7-6-17)8-12-9-14(19-3)16(21-5)15(10-12)20-4/h9-11,13,18H,6-8,17H2,1-5H3. The molecule has 1 aromatic rings. The van der Waals surface area contributed by atoms with E-state index in [9.17, 15) is 0 Å². The zero-order valence-electron chi connectivity index (χ0n) is 13.7. The summed E-state index contributed by atoms with van der Waals surface area (Å²) >= 11 is 0. The van der Waals surface area contributed by atoms with Crippen molar-refractivity contribution in [3.8, 4) is 17.2 Å². The van der Waals surface area contributed by atoms with E-state index < -0.39 is 0 Å². The van der Waals surface area contributed by atoms with Crippen LogP contribution in [0.1, 0.15) is 19.4 Å². The Labute approximate surface area is 127 Å². The SMILES string of the molecule is COc1cc(CC(NCCN)C(C)C)cc(OC)c1OC. The maximum atomic E-state index is 5.58. The molecule has 5 nitrogen and oxygen atoms in total. The highest BCUT2D eigenvalue weighted by Gasteiger charge is 2.17. The quantitative estimate of drug-likeness (QED) is 0.728. The number of rotatable bonds is 9. The van der Waals surface area contributed by atoms with Crippen LogP contribution < -0.4 is 25.3 Å². The first kappa shape index (κ1) is 17.6. The van der Waals surface area contributed by atoms with Crippen LogP contribution in [0.25, 0.3) is 0 Å². The summed E-state index contributed by atoms with van der Waals surface area (Å²) in [4.78, 5) is 0. The van der Waals surface area contributed by atoms with Crippen molar-refractivity contribution in [2.24, 2.45) is 11.7 Å². The van der Waals surface area contributed by atoms with Gasteiger partial charge < -0.3 is 25.3 Å². The van der Waals surface area contributed by atoms with Crippen LogP contribution in [0, 0.1) is 5.92 Å². The number of nitrogens with one attached hydrogen (secondary N) is 1. The van der Waals surface area contributed by atoms with Gasteiger partial charge in [-0.05, 0) is 30.0 Å². The summed E-state index contributed by atoms with van der Waals surface area (Å²) in [7, 11) is 4.88. The number of methoxy groups -OCH3 is 3. The van der Waals surface area contributed by atoms with Crippen molar-refractivity contribution in [2.75, 3.05) is 34.4 Å². The Morgan fingerprint density at radius 2 is 1.62 bits per heavy atom. The van der Waals surface area contributed by atoms with Gasteiger partial charge in [0.15, 0.2) is 11.5 Å². The number of nitrogens with two attached hydrogens (primary N) is 1. The molecule has 0 spiro atoms. The molecule has 3 N–H and O–H groups in total. The maximum absolute atomic E-state index is 5.58. The molecule has 0 aliphatic carbocycles. The van der Waals surface area contributed by atoms with Gasteiger partial charge in [0.1, 0.15) is 0 Å². The van der Waals surface area contributed by atoms with E-state index in [-0.39, 0.29) is 0 Å². The molecular formula is C16H28N2O3. The summed E-state index contributed by atoms with van der Waals surface area (Å²) in [6, 6.07) is 4.36. The third-order valence-electron chi connectivity index (χ3n) is 3.54. The molecule has 0 saturated carbocycles. The van der Waals surface area contributed by atoms with Gasteiger partial charge in [0, 0.05) is 19.1 Å². The predicted molar refractivity (Wildman–Crippen MR) is 85.5 cm³/mol. The van der Waals surface area contributed by atoms with Crippen LogP contribution >= 0.6 is 0 Å². The van der Waals surface area contributed by atoms with Crippen LogP contribution in [0.5, 0.6) is 17.2 Å². The van der Waals surface area contributed by atoms with Gasteiger partial charge in [0.05, 0.1) is 21.3 Å². The van der Waals surface area contributed by atoms with E-state index in [4.69, 9.17) is 19.9 Å². The minimum atomic E-state index is 0.358. The summed E-state index contributed by atoms with van der Waals surface area (Å²) < 4.78 is 16.1. The van der Waals surface area contributed by atoms with E-state index in [1.54, 1.807) is 21.3 Å². The van der Waals surface area contributed by atoms with Gasteiger partial charge in [-0.25, -0.2) is 0 Å². The lowest BCUT2D eigenvalue weighted by Crippen LogP contribution is -2.38. The van der Waals surface area contributed by atoms with Crippen molar-refractivity contribution in [1.29, 1.82) is 0 Å². The third kappa shape index (κ3) is 4.79. The lowest BCUT2D eigenvalue weighted by atomic mass is 9.96. The van der Waals surface area contributed by atoms with Crippen LogP contribution in [0.3, 0.4) is 0 Å². The number of hydrogen-bond acceptors (Lipinski definition) is 5. The number of hydrogen-bond donors (Lipinski definition) is 2. The highest BCUT2D eigenvalue weighted by molar-refractivity contribution is 5.54. The topological polar surface area (TPSA) is 65.7 Å². The zero-order valence-corrected chi connectivity index (χ0v) is 13.7. The van der Waals surface area contributed by atoms with E-state index in [1.807, 2.05) is 12.1 Å². The molecule has 0 radical (unpaired) electrons. The number of benzene rings is 1. The van der Waals surface area contributed by atoms with Crippen LogP contribution in [-0.2, 0) is 6.42 Å². The van der Waals surface area contributed by atoms with E-state index in [0.29, 0.717) is 35.8 Å². The van der Waals surface area contributed by atoms with Crippen LogP contribution in [0.4, 0.5) is 0 Å². The predicted octanol–water partition coefficient (Wildman–Crippen LogP) is 1.83. The molecule has 0 heterocycles. The fourth-order valence-corrected chi connectivity index (χ4v) is 2.32. The lowest BCUT2D eigenvalue weighted by molar-refractivity contribution is 0.323. The molecule has 0 bridgehead atoms. The van der Waals surface area contributed by atoms with Crippen molar-refractivity contribution in [1.82, 2.24) is 5.32 Å². The first-order chi connectivity index (χ1) is 10.1. The Morgan fingerprint density at radius 1 is 1.05 bits per heavy atom. The largest absolute Gasteiger partial charge is 0.493 e. The van der Waals surface area contributed by atoms with Gasteiger partial charge >= 0.3 is 0 Å². The first-order valence-corrected chi connectivity index (χ1v) is 7.29. The highest BCUT2D eigenvalue weighted by Crippen LogP contribution is 2.38. The van der Waals surface area contributed by atoms with Crippen molar-refractivity contribution in [3.63, 3.8) is 0 Å². The van der Waals surface area contributed by atoms with Gasteiger partial charge in [-0.1, -0.05) is 13.8 Å². The van der Waals surface area contributed by atoms with E-state index in [0.717, 1.165) is 18.5 Å². The monoisotopic (exact) mass is 296 g/mol. The second-order valence-corrected chi connectivity index (χ2v) is 5.33. The molecular weight excluding hydrogens is 268 g/mol. The first-order valence-electron chi connectivity index (χ1n) is 7.29. The smallest absolute Gasteiger partial charge is 0.203 e. The number of ether oxygens (including phenoxy) is 3. The molecule has 1 rings (SSSR count). The fourth-order valence-electron chi connectivity index (χ4n) is 2.32. The van der Waals surface area contributed by atoms with Gasteiger partial charge in [-0.3, -0.25) is 0 Å². The van der Waals surface area contributed by atoms with E-state index in [2.05, 4.69) is 19.2 Å². The average molecular weight is 296 g/mol. The maximum Gasteiger partial charge on any atom is 0.203 e. The summed E-state index contributed by atoms with van der Waals surface area (Å²) in [5.41, 5.74) is 6.73. The van der Waals surface area contributed by atoms with Crippen LogP contribution in [0.15, 0.2) is 12.1 Å². The Bertz CT molecular complexity index is 411. The molecule has 5 heteroatoms. The van der Waals surface area contributed by atoms with Crippen molar-refractivity contribution < 1.29 is 14.2 Å². The molecule has 120 valence electrons. The van der Waals surface area contributed by atoms with Crippen LogP contribution in [-0.4, -0.2) is 40.5 Å². The molecule has 0 aromatic heterocycles. The molecule has 1 unspecified atom stereocenters. The van der Waals surface area contributed by atoms with Gasteiger partial charge in [0.25, 0.3) is 0 Å². The third-order valence-corrected chi connectivity index (χ3v) is 3.54. The molecule has 0 aliphatic rings. The molecule has 0 aliphatic heterocycles. The Hall–Kier alpha value is -1.46. The molecule has 0 amide bonds. The van der Waals surface area contributed by atoms with Gasteiger partial charge in [-0.15, -0.1) is 0 Å². The second kappa shape index (κ2) is 8.74. The van der Waals surface area contributed by atoms with Gasteiger partial charge in [-0.2, -0.15) is 0 Å². The summed E-state index contributed by atoms with van der Waals surface area (Å²) in [6.45, 7) is 5.85. The average Bonchev–Trinajstić information content (AvgIpc) is 2.49. The van der Waals surface area contributed by atoms with E-state index >= 15 is 0 Å². The van der Waals surface area contributed by atoms with Crippen molar-refractivity contribution in [2.45, 2.75) is 26.3 Å². The van der Waals surface area contributed by atoms with Crippen molar-refractivity contribution in [3.05, 3.63) is 17.7 Å².